The Bertz CT molecular complexity index is 646. The van der Waals surface area contributed by atoms with Gasteiger partial charge in [-0.1, -0.05) is 11.6 Å². The monoisotopic (exact) mass is 364 g/mol. The number of nitrogens with one attached hydrogen (secondary N) is 1. The SMILES string of the molecule is Cc1cc(Cl)ccc1OCCCC(=O)N1CCC[C@@H]1C(=O)NC1CC1. The molecule has 1 saturated heterocycles. The number of amides is 2. The number of aryl methyl sites for hydroxylation is 1. The number of rotatable bonds is 7. The van der Waals surface area contributed by atoms with Gasteiger partial charge in [0, 0.05) is 24.0 Å². The molecule has 0 radical (unpaired) electrons. The minimum Gasteiger partial charge on any atom is -0.493 e. The minimum absolute atomic E-state index is 0.0152. The standard InChI is InChI=1S/C19H25ClN2O3/c1-13-12-14(20)6-9-17(13)25-11-3-5-18(23)22-10-2-4-16(22)19(24)21-15-7-8-15/h6,9,12,15-16H,2-5,7-8,10-11H2,1H3,(H,21,24)/t16-/m1/s1. The van der Waals surface area contributed by atoms with Gasteiger partial charge >= 0.3 is 0 Å². The molecule has 0 aromatic heterocycles. The van der Waals surface area contributed by atoms with Crippen LogP contribution in [-0.4, -0.2) is 41.9 Å². The van der Waals surface area contributed by atoms with Crippen molar-refractivity contribution in [2.75, 3.05) is 13.2 Å². The molecule has 2 aliphatic rings. The zero-order chi connectivity index (χ0) is 17.8. The van der Waals surface area contributed by atoms with E-state index < -0.39 is 0 Å². The predicted octanol–water partition coefficient (Wildman–Crippen LogP) is 3.08. The second kappa shape index (κ2) is 8.09. The second-order valence-electron chi connectivity index (χ2n) is 6.89. The second-order valence-corrected chi connectivity index (χ2v) is 7.33. The number of carbonyl (C=O) groups is 2. The van der Waals surface area contributed by atoms with Crippen molar-refractivity contribution in [3.05, 3.63) is 28.8 Å². The van der Waals surface area contributed by atoms with Crippen molar-refractivity contribution in [3.8, 4) is 5.75 Å². The summed E-state index contributed by atoms with van der Waals surface area (Å²) in [5.74, 6) is 0.853. The highest BCUT2D eigenvalue weighted by molar-refractivity contribution is 6.30. The van der Waals surface area contributed by atoms with Crippen molar-refractivity contribution in [3.63, 3.8) is 0 Å². The summed E-state index contributed by atoms with van der Waals surface area (Å²) in [6.45, 7) is 3.10. The molecular formula is C19H25ClN2O3. The Balaban J connectivity index is 1.42. The number of hydrogen-bond acceptors (Lipinski definition) is 3. The van der Waals surface area contributed by atoms with Crippen molar-refractivity contribution < 1.29 is 14.3 Å². The molecule has 1 aliphatic carbocycles. The van der Waals surface area contributed by atoms with Crippen LogP contribution in [0, 0.1) is 6.92 Å². The van der Waals surface area contributed by atoms with E-state index in [0.29, 0.717) is 37.1 Å². The lowest BCUT2D eigenvalue weighted by atomic mass is 10.2. The number of likely N-dealkylation sites (tertiary alicyclic amines) is 1. The van der Waals surface area contributed by atoms with Crippen molar-refractivity contribution in [2.45, 2.75) is 57.5 Å². The molecule has 1 N–H and O–H groups in total. The number of nitrogens with zero attached hydrogens (tertiary/aromatic N) is 1. The van der Waals surface area contributed by atoms with Gasteiger partial charge in [0.2, 0.25) is 11.8 Å². The molecule has 0 unspecified atom stereocenters. The fourth-order valence-electron chi connectivity index (χ4n) is 3.19. The fraction of sp³-hybridized carbons (Fsp3) is 0.579. The molecule has 1 aromatic carbocycles. The van der Waals surface area contributed by atoms with Crippen LogP contribution >= 0.6 is 11.6 Å². The van der Waals surface area contributed by atoms with Gasteiger partial charge in [0.05, 0.1) is 6.61 Å². The average Bonchev–Trinajstić information content (AvgIpc) is 3.24. The van der Waals surface area contributed by atoms with Crippen molar-refractivity contribution in [1.82, 2.24) is 10.2 Å². The summed E-state index contributed by atoms with van der Waals surface area (Å²) in [7, 11) is 0. The summed E-state index contributed by atoms with van der Waals surface area (Å²) in [6, 6.07) is 5.55. The lowest BCUT2D eigenvalue weighted by molar-refractivity contribution is -0.138. The normalized spacial score (nSPS) is 19.8. The van der Waals surface area contributed by atoms with E-state index in [-0.39, 0.29) is 17.9 Å². The third-order valence-electron chi connectivity index (χ3n) is 4.73. The maximum absolute atomic E-state index is 12.5. The fourth-order valence-corrected chi connectivity index (χ4v) is 3.41. The van der Waals surface area contributed by atoms with Crippen LogP contribution in [0.25, 0.3) is 0 Å². The molecule has 0 spiro atoms. The summed E-state index contributed by atoms with van der Waals surface area (Å²) in [5.41, 5.74) is 0.982. The van der Waals surface area contributed by atoms with Crippen molar-refractivity contribution in [2.24, 2.45) is 0 Å². The first-order valence-electron chi connectivity index (χ1n) is 9.03. The van der Waals surface area contributed by atoms with Gasteiger partial charge in [-0.05, 0) is 62.8 Å². The Hall–Kier alpha value is -1.75. The number of benzene rings is 1. The van der Waals surface area contributed by atoms with Gasteiger partial charge in [0.1, 0.15) is 11.8 Å². The first kappa shape index (κ1) is 18.1. The van der Waals surface area contributed by atoms with E-state index in [0.717, 1.165) is 37.0 Å². The van der Waals surface area contributed by atoms with E-state index in [9.17, 15) is 9.59 Å². The zero-order valence-electron chi connectivity index (χ0n) is 14.6. The Morgan fingerprint density at radius 2 is 2.12 bits per heavy atom. The van der Waals surface area contributed by atoms with Crippen LogP contribution in [-0.2, 0) is 9.59 Å². The zero-order valence-corrected chi connectivity index (χ0v) is 15.3. The molecule has 1 aromatic rings. The molecular weight excluding hydrogens is 340 g/mol. The first-order chi connectivity index (χ1) is 12.0. The van der Waals surface area contributed by atoms with Crippen LogP contribution in [0.5, 0.6) is 5.75 Å². The molecule has 1 saturated carbocycles. The average molecular weight is 365 g/mol. The molecule has 3 rings (SSSR count). The van der Waals surface area contributed by atoms with Gasteiger partial charge in [0.15, 0.2) is 0 Å². The Labute approximate surface area is 153 Å². The minimum atomic E-state index is -0.285. The Morgan fingerprint density at radius 1 is 1.32 bits per heavy atom. The van der Waals surface area contributed by atoms with Crippen molar-refractivity contribution >= 4 is 23.4 Å². The summed E-state index contributed by atoms with van der Waals surface area (Å²) in [6.07, 6.45) is 4.83. The topological polar surface area (TPSA) is 58.6 Å². The third-order valence-corrected chi connectivity index (χ3v) is 4.96. The van der Waals surface area contributed by atoms with Gasteiger partial charge in [-0.25, -0.2) is 0 Å². The lowest BCUT2D eigenvalue weighted by Gasteiger charge is -2.24. The highest BCUT2D eigenvalue weighted by Crippen LogP contribution is 2.24. The molecule has 0 bridgehead atoms. The summed E-state index contributed by atoms with van der Waals surface area (Å²) in [4.78, 5) is 26.4. The highest BCUT2D eigenvalue weighted by Gasteiger charge is 2.36. The van der Waals surface area contributed by atoms with Gasteiger partial charge in [-0.15, -0.1) is 0 Å². The van der Waals surface area contributed by atoms with Gasteiger partial charge < -0.3 is 15.0 Å². The Morgan fingerprint density at radius 3 is 2.84 bits per heavy atom. The third kappa shape index (κ3) is 4.88. The molecule has 25 heavy (non-hydrogen) atoms. The molecule has 2 amide bonds. The predicted molar refractivity (Wildman–Crippen MR) is 96.8 cm³/mol. The van der Waals surface area contributed by atoms with E-state index >= 15 is 0 Å². The van der Waals surface area contributed by atoms with E-state index in [1.807, 2.05) is 19.1 Å². The molecule has 6 heteroatoms. The lowest BCUT2D eigenvalue weighted by Crippen LogP contribution is -2.46. The van der Waals surface area contributed by atoms with Crippen LogP contribution in [0.1, 0.15) is 44.1 Å². The van der Waals surface area contributed by atoms with Crippen LogP contribution in [0.2, 0.25) is 5.02 Å². The van der Waals surface area contributed by atoms with E-state index in [4.69, 9.17) is 16.3 Å². The maximum Gasteiger partial charge on any atom is 0.243 e. The molecule has 2 fully saturated rings. The summed E-state index contributed by atoms with van der Waals surface area (Å²) < 4.78 is 5.73. The van der Waals surface area contributed by atoms with Gasteiger partial charge in [0.25, 0.3) is 0 Å². The van der Waals surface area contributed by atoms with Gasteiger partial charge in [-0.3, -0.25) is 9.59 Å². The van der Waals surface area contributed by atoms with Crippen LogP contribution < -0.4 is 10.1 Å². The van der Waals surface area contributed by atoms with E-state index in [1.54, 1.807) is 11.0 Å². The highest BCUT2D eigenvalue weighted by atomic mass is 35.5. The largest absolute Gasteiger partial charge is 0.493 e. The maximum atomic E-state index is 12.5. The Kier molecular flexibility index (Phi) is 5.84. The van der Waals surface area contributed by atoms with Crippen molar-refractivity contribution in [1.29, 1.82) is 0 Å². The first-order valence-corrected chi connectivity index (χ1v) is 9.41. The van der Waals surface area contributed by atoms with Gasteiger partial charge in [-0.2, -0.15) is 0 Å². The van der Waals surface area contributed by atoms with E-state index in [1.165, 1.54) is 0 Å². The molecule has 1 heterocycles. The smallest absolute Gasteiger partial charge is 0.243 e. The summed E-state index contributed by atoms with van der Waals surface area (Å²) in [5, 5.41) is 3.70. The van der Waals surface area contributed by atoms with E-state index in [2.05, 4.69) is 5.32 Å². The van der Waals surface area contributed by atoms with Crippen LogP contribution in [0.15, 0.2) is 18.2 Å². The quantitative estimate of drug-likeness (QED) is 0.756. The number of carbonyl (C=O) groups excluding carboxylic acids is 2. The number of ether oxygens (including phenoxy) is 1. The summed E-state index contributed by atoms with van der Waals surface area (Å²) >= 11 is 5.93. The molecule has 136 valence electrons. The molecule has 1 atom stereocenters. The molecule has 1 aliphatic heterocycles. The number of halogens is 1. The van der Waals surface area contributed by atoms with Crippen LogP contribution in [0.4, 0.5) is 0 Å². The van der Waals surface area contributed by atoms with Crippen LogP contribution in [0.3, 0.4) is 0 Å². The molecule has 5 nitrogen and oxygen atoms in total. The number of hydrogen-bond donors (Lipinski definition) is 1.